The number of halogens is 1. The molecule has 5 nitrogen and oxygen atoms in total. The Morgan fingerprint density at radius 3 is 2.86 bits per heavy atom. The second-order valence-corrected chi connectivity index (χ2v) is 6.58. The van der Waals surface area contributed by atoms with Crippen molar-refractivity contribution in [1.29, 1.82) is 0 Å². The van der Waals surface area contributed by atoms with Gasteiger partial charge in [-0.2, -0.15) is 0 Å². The van der Waals surface area contributed by atoms with Gasteiger partial charge in [-0.05, 0) is 37.1 Å². The number of hydrogen-bond donors (Lipinski definition) is 1. The van der Waals surface area contributed by atoms with E-state index in [9.17, 15) is 4.79 Å². The molecule has 0 unspecified atom stereocenters. The van der Waals surface area contributed by atoms with Crippen LogP contribution in [0.2, 0.25) is 5.02 Å². The Morgan fingerprint density at radius 1 is 1.23 bits per heavy atom. The second-order valence-electron chi connectivity index (χ2n) is 5.20. The zero-order valence-electron chi connectivity index (χ0n) is 12.1. The first-order chi connectivity index (χ1) is 10.7. The second kappa shape index (κ2) is 7.15. The highest BCUT2D eigenvalue weighted by atomic mass is 35.5. The number of aryl methyl sites for hydroxylation is 1. The molecule has 1 aliphatic rings. The van der Waals surface area contributed by atoms with Crippen LogP contribution in [0.5, 0.6) is 0 Å². The average molecular weight is 337 g/mol. The van der Waals surface area contributed by atoms with Gasteiger partial charge in [-0.25, -0.2) is 0 Å². The Bertz CT molecular complexity index is 656. The number of nitrogens with zero attached hydrogens (tertiary/aromatic N) is 3. The molecule has 1 aliphatic heterocycles. The first-order valence-electron chi connectivity index (χ1n) is 7.33. The van der Waals surface area contributed by atoms with Crippen LogP contribution in [-0.2, 0) is 17.8 Å². The molecule has 3 rings (SSSR count). The molecule has 116 valence electrons. The molecule has 7 heteroatoms. The van der Waals surface area contributed by atoms with Crippen LogP contribution >= 0.6 is 23.4 Å². The van der Waals surface area contributed by atoms with Gasteiger partial charge in [-0.3, -0.25) is 4.79 Å². The average Bonchev–Trinajstić information content (AvgIpc) is 2.75. The van der Waals surface area contributed by atoms with Gasteiger partial charge >= 0.3 is 0 Å². The minimum atomic E-state index is -0.0571. The molecule has 0 fully saturated rings. The third-order valence-electron chi connectivity index (χ3n) is 3.54. The maximum absolute atomic E-state index is 12.0. The molecule has 22 heavy (non-hydrogen) atoms. The highest BCUT2D eigenvalue weighted by Crippen LogP contribution is 2.22. The van der Waals surface area contributed by atoms with E-state index in [2.05, 4.69) is 20.1 Å². The van der Waals surface area contributed by atoms with E-state index in [0.29, 0.717) is 10.8 Å². The number of carbonyl (C=O) groups is 1. The van der Waals surface area contributed by atoms with Gasteiger partial charge in [0.25, 0.3) is 0 Å². The van der Waals surface area contributed by atoms with Crippen LogP contribution in [0.4, 0.5) is 5.69 Å². The van der Waals surface area contributed by atoms with E-state index in [1.54, 1.807) is 24.3 Å². The predicted molar refractivity (Wildman–Crippen MR) is 88.4 cm³/mol. The lowest BCUT2D eigenvalue weighted by Gasteiger charge is -2.07. The van der Waals surface area contributed by atoms with Crippen molar-refractivity contribution in [3.05, 3.63) is 35.1 Å². The van der Waals surface area contributed by atoms with Crippen molar-refractivity contribution in [3.63, 3.8) is 0 Å². The molecule has 0 spiro atoms. The van der Waals surface area contributed by atoms with Crippen molar-refractivity contribution in [2.75, 3.05) is 11.1 Å². The zero-order chi connectivity index (χ0) is 15.4. The summed E-state index contributed by atoms with van der Waals surface area (Å²) in [6.07, 6.45) is 4.52. The Kier molecular flexibility index (Phi) is 5.00. The van der Waals surface area contributed by atoms with Gasteiger partial charge in [0, 0.05) is 23.7 Å². The fourth-order valence-electron chi connectivity index (χ4n) is 2.43. The molecule has 1 aromatic heterocycles. The number of benzene rings is 1. The molecule has 0 aliphatic carbocycles. The Labute approximate surface area is 138 Å². The van der Waals surface area contributed by atoms with Gasteiger partial charge in [-0.1, -0.05) is 29.8 Å². The van der Waals surface area contributed by atoms with E-state index < -0.39 is 0 Å². The number of carbonyl (C=O) groups excluding carboxylic acids is 1. The third kappa shape index (κ3) is 3.81. The van der Waals surface area contributed by atoms with Crippen LogP contribution in [-0.4, -0.2) is 26.4 Å². The van der Waals surface area contributed by atoms with Crippen molar-refractivity contribution >= 4 is 35.0 Å². The van der Waals surface area contributed by atoms with Crippen molar-refractivity contribution in [3.8, 4) is 0 Å². The molecule has 2 aromatic rings. The number of amides is 1. The first-order valence-corrected chi connectivity index (χ1v) is 8.69. The SMILES string of the molecule is O=C(CSc1nnc2n1CCCCC2)Nc1ccc(Cl)cc1. The first kappa shape index (κ1) is 15.4. The van der Waals surface area contributed by atoms with Crippen LogP contribution in [0.25, 0.3) is 0 Å². The topological polar surface area (TPSA) is 59.8 Å². The summed E-state index contributed by atoms with van der Waals surface area (Å²) in [5.74, 6) is 1.30. The predicted octanol–water partition coefficient (Wildman–Crippen LogP) is 3.39. The monoisotopic (exact) mass is 336 g/mol. The van der Waals surface area contributed by atoms with Gasteiger partial charge in [0.2, 0.25) is 5.91 Å². The standard InChI is InChI=1S/C15H17ClN4OS/c16-11-5-7-12(8-6-11)17-14(21)10-22-15-19-18-13-4-2-1-3-9-20(13)15/h5-8H,1-4,9-10H2,(H,17,21). The molecule has 0 radical (unpaired) electrons. The van der Waals surface area contributed by atoms with Crippen molar-refractivity contribution < 1.29 is 4.79 Å². The van der Waals surface area contributed by atoms with Crippen LogP contribution in [0.3, 0.4) is 0 Å². The summed E-state index contributed by atoms with van der Waals surface area (Å²) < 4.78 is 2.15. The lowest BCUT2D eigenvalue weighted by atomic mass is 10.2. The summed E-state index contributed by atoms with van der Waals surface area (Å²) >= 11 is 7.26. The quantitative estimate of drug-likeness (QED) is 0.869. The summed E-state index contributed by atoms with van der Waals surface area (Å²) in [6.45, 7) is 0.948. The normalized spacial score (nSPS) is 14.2. The number of hydrogen-bond acceptors (Lipinski definition) is 4. The van der Waals surface area contributed by atoms with Gasteiger partial charge < -0.3 is 9.88 Å². The van der Waals surface area contributed by atoms with E-state index in [-0.39, 0.29) is 5.91 Å². The molecule has 0 atom stereocenters. The zero-order valence-corrected chi connectivity index (χ0v) is 13.7. The molecular formula is C15H17ClN4OS. The number of anilines is 1. The van der Waals surface area contributed by atoms with Gasteiger partial charge in [0.1, 0.15) is 5.82 Å². The van der Waals surface area contributed by atoms with Crippen molar-refractivity contribution in [2.24, 2.45) is 0 Å². The summed E-state index contributed by atoms with van der Waals surface area (Å²) in [4.78, 5) is 12.0. The molecule has 1 N–H and O–H groups in total. The minimum absolute atomic E-state index is 0.0571. The smallest absolute Gasteiger partial charge is 0.234 e. The highest BCUT2D eigenvalue weighted by Gasteiger charge is 2.16. The lowest BCUT2D eigenvalue weighted by Crippen LogP contribution is -2.14. The number of thioether (sulfide) groups is 1. The number of rotatable bonds is 4. The third-order valence-corrected chi connectivity index (χ3v) is 4.75. The van der Waals surface area contributed by atoms with Crippen molar-refractivity contribution in [2.45, 2.75) is 37.4 Å². The molecule has 1 aromatic carbocycles. The molecule has 0 saturated carbocycles. The summed E-state index contributed by atoms with van der Waals surface area (Å²) in [7, 11) is 0. The molecular weight excluding hydrogens is 320 g/mol. The van der Waals surface area contributed by atoms with E-state index in [1.165, 1.54) is 24.6 Å². The van der Waals surface area contributed by atoms with Gasteiger partial charge in [0.15, 0.2) is 5.16 Å². The summed E-state index contributed by atoms with van der Waals surface area (Å²) in [5, 5.41) is 12.8. The van der Waals surface area contributed by atoms with Gasteiger partial charge in [-0.15, -0.1) is 10.2 Å². The fourth-order valence-corrected chi connectivity index (χ4v) is 3.33. The van der Waals surface area contributed by atoms with Crippen LogP contribution < -0.4 is 5.32 Å². The Hall–Kier alpha value is -1.53. The minimum Gasteiger partial charge on any atom is -0.325 e. The van der Waals surface area contributed by atoms with Crippen LogP contribution in [0, 0.1) is 0 Å². The molecule has 1 amide bonds. The molecule has 0 bridgehead atoms. The Morgan fingerprint density at radius 2 is 2.05 bits per heavy atom. The van der Waals surface area contributed by atoms with E-state index >= 15 is 0 Å². The largest absolute Gasteiger partial charge is 0.325 e. The van der Waals surface area contributed by atoms with E-state index in [0.717, 1.165) is 36.1 Å². The maximum atomic E-state index is 12.0. The van der Waals surface area contributed by atoms with Crippen LogP contribution in [0.15, 0.2) is 29.4 Å². The van der Waals surface area contributed by atoms with E-state index in [1.807, 2.05) is 0 Å². The number of nitrogens with one attached hydrogen (secondary N) is 1. The van der Waals surface area contributed by atoms with E-state index in [4.69, 9.17) is 11.6 Å². The van der Waals surface area contributed by atoms with Gasteiger partial charge in [0.05, 0.1) is 5.75 Å². The Balaban J connectivity index is 1.57. The fraction of sp³-hybridized carbons (Fsp3) is 0.400. The number of fused-ring (bicyclic) bond motifs is 1. The van der Waals surface area contributed by atoms with Crippen molar-refractivity contribution in [1.82, 2.24) is 14.8 Å². The lowest BCUT2D eigenvalue weighted by molar-refractivity contribution is -0.113. The van der Waals surface area contributed by atoms with Crippen LogP contribution in [0.1, 0.15) is 25.1 Å². The highest BCUT2D eigenvalue weighted by molar-refractivity contribution is 7.99. The molecule has 0 saturated heterocycles. The summed E-state index contributed by atoms with van der Waals surface area (Å²) in [5.41, 5.74) is 0.745. The number of aromatic nitrogens is 3. The summed E-state index contributed by atoms with van der Waals surface area (Å²) in [6, 6.07) is 7.08. The molecule has 2 heterocycles. The maximum Gasteiger partial charge on any atom is 0.234 e.